The third-order valence-electron chi connectivity index (χ3n) is 4.39. The predicted octanol–water partition coefficient (Wildman–Crippen LogP) is 5.22. The van der Waals surface area contributed by atoms with Gasteiger partial charge in [0.05, 0.1) is 11.7 Å². The van der Waals surface area contributed by atoms with Gasteiger partial charge >= 0.3 is 0 Å². The van der Waals surface area contributed by atoms with E-state index in [4.69, 9.17) is 0 Å². The normalized spacial score (nSPS) is 12.4. The number of phenolic OH excluding ortho intramolecular Hbond substituents is 1. The largest absolute Gasteiger partial charge is 0.508 e. The number of benzene rings is 2. The molecule has 1 heterocycles. The van der Waals surface area contributed by atoms with Crippen molar-refractivity contribution in [2.45, 2.75) is 32.3 Å². The number of aromatic hydroxyl groups is 1. The first-order chi connectivity index (χ1) is 13.5. The zero-order valence-electron chi connectivity index (χ0n) is 15.7. The maximum Gasteiger partial charge on any atom is 0.162 e. The highest BCUT2D eigenvalue weighted by Crippen LogP contribution is 2.24. The van der Waals surface area contributed by atoms with Crippen LogP contribution in [0.4, 0.5) is 4.39 Å². The van der Waals surface area contributed by atoms with Crippen LogP contribution >= 0.6 is 0 Å². The molecule has 3 aromatic rings. The summed E-state index contributed by atoms with van der Waals surface area (Å²) in [5.41, 5.74) is 2.80. The highest BCUT2D eigenvalue weighted by Gasteiger charge is 2.09. The fourth-order valence-electron chi connectivity index (χ4n) is 2.84. The van der Waals surface area contributed by atoms with Crippen molar-refractivity contribution in [1.82, 2.24) is 9.97 Å². The van der Waals surface area contributed by atoms with E-state index in [0.717, 1.165) is 36.0 Å². The van der Waals surface area contributed by atoms with Crippen LogP contribution in [-0.2, 0) is 0 Å². The van der Waals surface area contributed by atoms with E-state index in [2.05, 4.69) is 9.97 Å². The Bertz CT molecular complexity index is 936. The molecule has 28 heavy (non-hydrogen) atoms. The van der Waals surface area contributed by atoms with Crippen LogP contribution in [0.5, 0.6) is 5.75 Å². The Morgan fingerprint density at radius 3 is 2.39 bits per heavy atom. The van der Waals surface area contributed by atoms with Crippen molar-refractivity contribution >= 4 is 6.08 Å². The number of nitrogens with zero attached hydrogens (tertiary/aromatic N) is 2. The van der Waals surface area contributed by atoms with Crippen molar-refractivity contribution in [3.8, 4) is 28.3 Å². The molecule has 0 aliphatic heterocycles. The first-order valence-electron chi connectivity index (χ1n) is 9.29. The molecule has 0 amide bonds. The van der Waals surface area contributed by atoms with Crippen LogP contribution in [0.15, 0.2) is 60.9 Å². The Kier molecular flexibility index (Phi) is 6.50. The summed E-state index contributed by atoms with van der Waals surface area (Å²) in [5, 5.41) is 18.6. The smallest absolute Gasteiger partial charge is 0.162 e. The van der Waals surface area contributed by atoms with E-state index >= 15 is 0 Å². The number of aliphatic hydroxyl groups excluding tert-OH is 1. The third-order valence-corrected chi connectivity index (χ3v) is 4.39. The number of hydrogen-bond acceptors (Lipinski definition) is 4. The minimum atomic E-state index is -0.372. The van der Waals surface area contributed by atoms with Crippen LogP contribution in [-0.4, -0.2) is 26.3 Å². The highest BCUT2D eigenvalue weighted by molar-refractivity contribution is 5.65. The number of aromatic nitrogens is 2. The molecule has 0 saturated carbocycles. The highest BCUT2D eigenvalue weighted by atomic mass is 19.1. The molecule has 0 aliphatic rings. The summed E-state index contributed by atoms with van der Waals surface area (Å²) in [6.45, 7) is 1.77. The van der Waals surface area contributed by atoms with Crippen molar-refractivity contribution in [1.29, 1.82) is 0 Å². The molecule has 2 N–H and O–H groups in total. The maximum absolute atomic E-state index is 14.5. The van der Waals surface area contributed by atoms with E-state index in [-0.39, 0.29) is 17.7 Å². The number of halogens is 1. The molecule has 3 rings (SSSR count). The SMILES string of the molecule is CC(O)CCCC=Cc1ccc(-c2ncc(-c3ccc(O)cc3)cn2)c(F)c1. The lowest BCUT2D eigenvalue weighted by Gasteiger charge is -2.05. The lowest BCUT2D eigenvalue weighted by molar-refractivity contribution is 0.182. The summed E-state index contributed by atoms with van der Waals surface area (Å²) in [7, 11) is 0. The Hall–Kier alpha value is -3.05. The molecular formula is C23H23FN2O2. The summed E-state index contributed by atoms with van der Waals surface area (Å²) in [5.74, 6) is 0.149. The fourth-order valence-corrected chi connectivity index (χ4v) is 2.84. The van der Waals surface area contributed by atoms with Crippen molar-refractivity contribution in [3.63, 3.8) is 0 Å². The standard InChI is InChI=1S/C23H23FN2O2/c1-16(27)5-3-2-4-6-17-7-12-21(22(24)13-17)23-25-14-19(15-26-23)18-8-10-20(28)11-9-18/h4,6-16,27-28H,2-3,5H2,1H3. The molecule has 0 radical (unpaired) electrons. The molecule has 0 fully saturated rings. The molecule has 1 unspecified atom stereocenters. The third kappa shape index (κ3) is 5.24. The van der Waals surface area contributed by atoms with E-state index in [1.54, 1.807) is 49.6 Å². The number of hydrogen-bond donors (Lipinski definition) is 2. The number of unbranched alkanes of at least 4 members (excludes halogenated alkanes) is 1. The van der Waals surface area contributed by atoms with E-state index < -0.39 is 0 Å². The molecule has 0 aliphatic carbocycles. The maximum atomic E-state index is 14.5. The van der Waals surface area contributed by atoms with Gasteiger partial charge in [-0.05, 0) is 61.6 Å². The van der Waals surface area contributed by atoms with Gasteiger partial charge in [0.2, 0.25) is 0 Å². The van der Waals surface area contributed by atoms with Crippen molar-refractivity contribution in [2.24, 2.45) is 0 Å². The molecule has 4 nitrogen and oxygen atoms in total. The summed E-state index contributed by atoms with van der Waals surface area (Å²) in [6.07, 6.45) is 9.37. The average molecular weight is 378 g/mol. The van der Waals surface area contributed by atoms with E-state index in [0.29, 0.717) is 11.4 Å². The quantitative estimate of drug-likeness (QED) is 0.553. The summed E-state index contributed by atoms with van der Waals surface area (Å²) >= 11 is 0. The van der Waals surface area contributed by atoms with Crippen LogP contribution in [0, 0.1) is 5.82 Å². The first-order valence-corrected chi connectivity index (χ1v) is 9.29. The topological polar surface area (TPSA) is 66.2 Å². The van der Waals surface area contributed by atoms with Crippen molar-refractivity contribution in [2.75, 3.05) is 0 Å². The van der Waals surface area contributed by atoms with E-state index in [9.17, 15) is 14.6 Å². The molecule has 0 spiro atoms. The van der Waals surface area contributed by atoms with Gasteiger partial charge in [0, 0.05) is 18.0 Å². The second kappa shape index (κ2) is 9.24. The second-order valence-electron chi connectivity index (χ2n) is 6.76. The molecular weight excluding hydrogens is 355 g/mol. The Labute approximate surface area is 164 Å². The Morgan fingerprint density at radius 1 is 1.04 bits per heavy atom. The van der Waals surface area contributed by atoms with Gasteiger partial charge in [-0.2, -0.15) is 0 Å². The zero-order chi connectivity index (χ0) is 19.9. The van der Waals surface area contributed by atoms with Crippen LogP contribution in [0.1, 0.15) is 31.7 Å². The monoisotopic (exact) mass is 378 g/mol. The number of rotatable bonds is 7. The van der Waals surface area contributed by atoms with Gasteiger partial charge in [-0.15, -0.1) is 0 Å². The second-order valence-corrected chi connectivity index (χ2v) is 6.76. The predicted molar refractivity (Wildman–Crippen MR) is 109 cm³/mol. The molecule has 0 saturated heterocycles. The number of allylic oxidation sites excluding steroid dienone is 1. The van der Waals surface area contributed by atoms with Crippen LogP contribution in [0.3, 0.4) is 0 Å². The average Bonchev–Trinajstić information content (AvgIpc) is 2.68. The van der Waals surface area contributed by atoms with Crippen LogP contribution in [0.2, 0.25) is 0 Å². The Morgan fingerprint density at radius 2 is 1.75 bits per heavy atom. The molecule has 2 aromatic carbocycles. The van der Waals surface area contributed by atoms with Gasteiger partial charge in [0.15, 0.2) is 5.82 Å². The van der Waals surface area contributed by atoms with Gasteiger partial charge in [0.1, 0.15) is 11.6 Å². The Balaban J connectivity index is 1.70. The zero-order valence-corrected chi connectivity index (χ0v) is 15.7. The van der Waals surface area contributed by atoms with Gasteiger partial charge in [-0.1, -0.05) is 30.4 Å². The van der Waals surface area contributed by atoms with E-state index in [1.807, 2.05) is 18.2 Å². The molecule has 144 valence electrons. The molecule has 0 bridgehead atoms. The van der Waals surface area contributed by atoms with Crippen LogP contribution in [0.25, 0.3) is 28.6 Å². The van der Waals surface area contributed by atoms with Crippen molar-refractivity contribution in [3.05, 3.63) is 72.3 Å². The van der Waals surface area contributed by atoms with E-state index in [1.165, 1.54) is 6.07 Å². The number of aliphatic hydroxyl groups is 1. The molecule has 1 atom stereocenters. The summed E-state index contributed by atoms with van der Waals surface area (Å²) < 4.78 is 14.5. The first kappa shape index (κ1) is 19.7. The fraction of sp³-hybridized carbons (Fsp3) is 0.217. The van der Waals surface area contributed by atoms with Gasteiger partial charge < -0.3 is 10.2 Å². The van der Waals surface area contributed by atoms with Crippen molar-refractivity contribution < 1.29 is 14.6 Å². The molecule has 5 heteroatoms. The minimum absolute atomic E-state index is 0.195. The van der Waals surface area contributed by atoms with Crippen LogP contribution < -0.4 is 0 Å². The summed E-state index contributed by atoms with van der Waals surface area (Å²) in [6, 6.07) is 11.7. The number of phenols is 1. The lowest BCUT2D eigenvalue weighted by Crippen LogP contribution is -1.97. The van der Waals surface area contributed by atoms with Gasteiger partial charge in [0.25, 0.3) is 0 Å². The lowest BCUT2D eigenvalue weighted by atomic mass is 10.1. The summed E-state index contributed by atoms with van der Waals surface area (Å²) in [4.78, 5) is 8.57. The van der Waals surface area contributed by atoms with Gasteiger partial charge in [-0.3, -0.25) is 0 Å². The molecule has 1 aromatic heterocycles. The van der Waals surface area contributed by atoms with Gasteiger partial charge in [-0.25, -0.2) is 14.4 Å². The minimum Gasteiger partial charge on any atom is -0.508 e.